The first-order valence-electron chi connectivity index (χ1n) is 6.71. The van der Waals surface area contributed by atoms with Crippen LogP contribution in [0, 0.1) is 6.92 Å². The van der Waals surface area contributed by atoms with Gasteiger partial charge in [-0.25, -0.2) is 0 Å². The predicted octanol–water partition coefficient (Wildman–Crippen LogP) is 4.23. The summed E-state index contributed by atoms with van der Waals surface area (Å²) in [5.74, 6) is 0. The Morgan fingerprint density at radius 2 is 1.63 bits per heavy atom. The molecule has 1 aliphatic rings. The molecule has 0 amide bonds. The monoisotopic (exact) mass is 249 g/mol. The average Bonchev–Trinajstić information content (AvgIpc) is 2.59. The first kappa shape index (κ1) is 12.2. The van der Waals surface area contributed by atoms with Gasteiger partial charge >= 0.3 is 0 Å². The van der Waals surface area contributed by atoms with Gasteiger partial charge in [-0.1, -0.05) is 48.0 Å². The average molecular weight is 249 g/mol. The van der Waals surface area contributed by atoms with Gasteiger partial charge in [0.25, 0.3) is 0 Å². The van der Waals surface area contributed by atoms with Gasteiger partial charge in [0.05, 0.1) is 5.54 Å². The molecule has 0 spiro atoms. The van der Waals surface area contributed by atoms with Crippen molar-refractivity contribution >= 4 is 6.08 Å². The Hall–Kier alpha value is -1.86. The molecular weight excluding hydrogens is 230 g/mol. The maximum absolute atomic E-state index is 6.61. The normalized spacial score (nSPS) is 20.6. The first-order valence-corrected chi connectivity index (χ1v) is 6.71. The van der Waals surface area contributed by atoms with E-state index in [1.165, 1.54) is 33.4 Å². The van der Waals surface area contributed by atoms with Crippen molar-refractivity contribution in [3.05, 3.63) is 64.7 Å². The minimum absolute atomic E-state index is 0.395. The van der Waals surface area contributed by atoms with Gasteiger partial charge in [-0.3, -0.25) is 0 Å². The second-order valence-electron chi connectivity index (χ2n) is 5.56. The number of aryl methyl sites for hydroxylation is 1. The third-order valence-electron chi connectivity index (χ3n) is 3.99. The molecule has 2 aromatic rings. The van der Waals surface area contributed by atoms with Crippen molar-refractivity contribution in [1.29, 1.82) is 0 Å². The Kier molecular flexibility index (Phi) is 2.61. The third kappa shape index (κ3) is 1.73. The number of benzene rings is 2. The van der Waals surface area contributed by atoms with E-state index in [0.29, 0.717) is 0 Å². The van der Waals surface area contributed by atoms with Crippen LogP contribution in [0.1, 0.15) is 36.1 Å². The molecule has 1 unspecified atom stereocenters. The molecule has 1 heteroatoms. The molecule has 1 atom stereocenters. The summed E-state index contributed by atoms with van der Waals surface area (Å²) in [6, 6.07) is 13.1. The second kappa shape index (κ2) is 4.07. The molecule has 0 bridgehead atoms. The SMILES string of the molecule is C/C=C/c1ccc2c(c1)C(C)(N)c1cc(C)ccc1-2. The zero-order valence-corrected chi connectivity index (χ0v) is 11.7. The summed E-state index contributed by atoms with van der Waals surface area (Å²) in [6.07, 6.45) is 4.17. The van der Waals surface area contributed by atoms with Gasteiger partial charge in [0.2, 0.25) is 0 Å². The molecule has 2 N–H and O–H groups in total. The molecule has 3 rings (SSSR count). The summed E-state index contributed by atoms with van der Waals surface area (Å²) in [6.45, 7) is 6.26. The quantitative estimate of drug-likeness (QED) is 0.804. The van der Waals surface area contributed by atoms with Gasteiger partial charge in [-0.05, 0) is 54.7 Å². The van der Waals surface area contributed by atoms with E-state index in [2.05, 4.69) is 62.4 Å². The summed E-state index contributed by atoms with van der Waals surface area (Å²) >= 11 is 0. The van der Waals surface area contributed by atoms with E-state index in [1.54, 1.807) is 0 Å². The molecule has 2 aromatic carbocycles. The lowest BCUT2D eigenvalue weighted by atomic mass is 9.89. The van der Waals surface area contributed by atoms with E-state index in [9.17, 15) is 0 Å². The van der Waals surface area contributed by atoms with Crippen molar-refractivity contribution in [3.8, 4) is 11.1 Å². The highest BCUT2D eigenvalue weighted by Crippen LogP contribution is 2.46. The van der Waals surface area contributed by atoms with Crippen LogP contribution in [0.5, 0.6) is 0 Å². The van der Waals surface area contributed by atoms with E-state index < -0.39 is 5.54 Å². The number of fused-ring (bicyclic) bond motifs is 3. The van der Waals surface area contributed by atoms with Crippen LogP contribution in [-0.4, -0.2) is 0 Å². The molecule has 1 aliphatic carbocycles. The van der Waals surface area contributed by atoms with Crippen LogP contribution in [0.2, 0.25) is 0 Å². The minimum atomic E-state index is -0.395. The van der Waals surface area contributed by atoms with Gasteiger partial charge in [0.15, 0.2) is 0 Å². The second-order valence-corrected chi connectivity index (χ2v) is 5.56. The summed E-state index contributed by atoms with van der Waals surface area (Å²) < 4.78 is 0. The van der Waals surface area contributed by atoms with Crippen molar-refractivity contribution in [2.75, 3.05) is 0 Å². The Morgan fingerprint density at radius 3 is 2.32 bits per heavy atom. The van der Waals surface area contributed by atoms with Crippen molar-refractivity contribution in [1.82, 2.24) is 0 Å². The topological polar surface area (TPSA) is 26.0 Å². The van der Waals surface area contributed by atoms with Crippen LogP contribution in [-0.2, 0) is 5.54 Å². The number of rotatable bonds is 1. The highest BCUT2D eigenvalue weighted by Gasteiger charge is 2.35. The minimum Gasteiger partial charge on any atom is -0.318 e. The Morgan fingerprint density at radius 1 is 1.00 bits per heavy atom. The zero-order valence-electron chi connectivity index (χ0n) is 11.7. The number of hydrogen-bond donors (Lipinski definition) is 1. The predicted molar refractivity (Wildman–Crippen MR) is 82.0 cm³/mol. The molecule has 0 aromatic heterocycles. The Bertz CT molecular complexity index is 678. The maximum atomic E-state index is 6.61. The lowest BCUT2D eigenvalue weighted by molar-refractivity contribution is 0.620. The third-order valence-corrected chi connectivity index (χ3v) is 3.99. The van der Waals surface area contributed by atoms with Gasteiger partial charge in [0, 0.05) is 0 Å². The standard InChI is InChI=1S/C18H19N/c1-4-5-13-7-9-15-14-8-6-12(2)10-16(14)18(3,19)17(15)11-13/h4-11H,19H2,1-3H3/b5-4+. The molecule has 0 heterocycles. The van der Waals surface area contributed by atoms with Crippen molar-refractivity contribution in [3.63, 3.8) is 0 Å². The van der Waals surface area contributed by atoms with Crippen LogP contribution < -0.4 is 5.73 Å². The smallest absolute Gasteiger partial charge is 0.0649 e. The summed E-state index contributed by atoms with van der Waals surface area (Å²) in [5.41, 5.74) is 13.7. The van der Waals surface area contributed by atoms with Gasteiger partial charge in [0.1, 0.15) is 0 Å². The molecule has 0 saturated carbocycles. The van der Waals surface area contributed by atoms with Gasteiger partial charge in [-0.2, -0.15) is 0 Å². The molecule has 19 heavy (non-hydrogen) atoms. The van der Waals surface area contributed by atoms with Crippen molar-refractivity contribution < 1.29 is 0 Å². The van der Waals surface area contributed by atoms with Gasteiger partial charge < -0.3 is 5.73 Å². The molecule has 0 aliphatic heterocycles. The molecule has 0 fully saturated rings. The fourth-order valence-corrected chi connectivity index (χ4v) is 2.99. The van der Waals surface area contributed by atoms with Crippen LogP contribution in [0.3, 0.4) is 0 Å². The fourth-order valence-electron chi connectivity index (χ4n) is 2.99. The molecule has 0 radical (unpaired) electrons. The van der Waals surface area contributed by atoms with Crippen molar-refractivity contribution in [2.45, 2.75) is 26.3 Å². The number of hydrogen-bond acceptors (Lipinski definition) is 1. The van der Waals surface area contributed by atoms with Crippen LogP contribution >= 0.6 is 0 Å². The Labute approximate surface area is 114 Å². The lowest BCUT2D eigenvalue weighted by Crippen LogP contribution is -2.31. The molecule has 1 nitrogen and oxygen atoms in total. The Balaban J connectivity index is 2.27. The maximum Gasteiger partial charge on any atom is 0.0649 e. The zero-order chi connectivity index (χ0) is 13.6. The molecule has 0 saturated heterocycles. The lowest BCUT2D eigenvalue weighted by Gasteiger charge is -2.22. The summed E-state index contributed by atoms with van der Waals surface area (Å²) in [4.78, 5) is 0. The van der Waals surface area contributed by atoms with Crippen LogP contribution in [0.15, 0.2) is 42.5 Å². The highest BCUT2D eigenvalue weighted by molar-refractivity contribution is 5.81. The molecule has 96 valence electrons. The number of allylic oxidation sites excluding steroid dienone is 1. The van der Waals surface area contributed by atoms with E-state index >= 15 is 0 Å². The van der Waals surface area contributed by atoms with E-state index in [-0.39, 0.29) is 0 Å². The van der Waals surface area contributed by atoms with Gasteiger partial charge in [-0.15, -0.1) is 0 Å². The van der Waals surface area contributed by atoms with E-state index in [0.717, 1.165) is 0 Å². The van der Waals surface area contributed by atoms with E-state index in [4.69, 9.17) is 5.73 Å². The van der Waals surface area contributed by atoms with E-state index in [1.807, 2.05) is 6.92 Å². The van der Waals surface area contributed by atoms with Crippen LogP contribution in [0.25, 0.3) is 17.2 Å². The largest absolute Gasteiger partial charge is 0.318 e. The summed E-state index contributed by atoms with van der Waals surface area (Å²) in [7, 11) is 0. The summed E-state index contributed by atoms with van der Waals surface area (Å²) in [5, 5.41) is 0. The number of nitrogens with two attached hydrogens (primary N) is 1. The van der Waals surface area contributed by atoms with Crippen LogP contribution in [0.4, 0.5) is 0 Å². The highest BCUT2D eigenvalue weighted by atomic mass is 14.7. The molecular formula is C18H19N. The van der Waals surface area contributed by atoms with Crippen molar-refractivity contribution in [2.24, 2.45) is 5.73 Å². The fraction of sp³-hybridized carbons (Fsp3) is 0.222. The first-order chi connectivity index (χ1) is 9.04.